The molecule has 2 rings (SSSR count). The second kappa shape index (κ2) is 5.55. The molecule has 0 atom stereocenters. The first-order chi connectivity index (χ1) is 8.70. The van der Waals surface area contributed by atoms with Crippen LogP contribution in [0.2, 0.25) is 0 Å². The average Bonchev–Trinajstić information content (AvgIpc) is 2.82. The lowest BCUT2D eigenvalue weighted by Crippen LogP contribution is -2.23. The van der Waals surface area contributed by atoms with E-state index in [2.05, 4.69) is 10.6 Å². The van der Waals surface area contributed by atoms with Gasteiger partial charge in [0.25, 0.3) is 5.91 Å². The first-order valence-electron chi connectivity index (χ1n) is 5.67. The van der Waals surface area contributed by atoms with E-state index in [1.807, 2.05) is 23.8 Å². The van der Waals surface area contributed by atoms with Crippen molar-refractivity contribution in [1.82, 2.24) is 5.32 Å². The Balaban J connectivity index is 2.31. The number of nitrogens with two attached hydrogens (primary N) is 1. The van der Waals surface area contributed by atoms with Gasteiger partial charge in [-0.05, 0) is 36.6 Å². The molecule has 0 unspecified atom stereocenters. The largest absolute Gasteiger partial charge is 0.399 e. The quantitative estimate of drug-likeness (QED) is 0.741. The van der Waals surface area contributed by atoms with E-state index >= 15 is 0 Å². The summed E-state index contributed by atoms with van der Waals surface area (Å²) < 4.78 is 0. The monoisotopic (exact) mass is 261 g/mol. The molecule has 2 aromatic rings. The number of carbonyl (C=O) groups is 1. The van der Waals surface area contributed by atoms with Crippen molar-refractivity contribution < 1.29 is 4.79 Å². The Morgan fingerprint density at radius 1 is 1.39 bits per heavy atom. The molecule has 1 aromatic heterocycles. The molecule has 0 aliphatic carbocycles. The molecule has 4 N–H and O–H groups in total. The van der Waals surface area contributed by atoms with Crippen LogP contribution in [0, 0.1) is 0 Å². The minimum absolute atomic E-state index is 0.102. The van der Waals surface area contributed by atoms with E-state index in [4.69, 9.17) is 5.73 Å². The number of nitrogens with one attached hydrogen (secondary N) is 2. The Bertz CT molecular complexity index is 537. The molecule has 0 saturated carbocycles. The third kappa shape index (κ3) is 2.81. The highest BCUT2D eigenvalue weighted by Crippen LogP contribution is 2.24. The van der Waals surface area contributed by atoms with Crippen molar-refractivity contribution in [1.29, 1.82) is 0 Å². The van der Waals surface area contributed by atoms with Crippen LogP contribution < -0.4 is 16.4 Å². The third-order valence-corrected chi connectivity index (χ3v) is 3.11. The molecule has 4 nitrogen and oxygen atoms in total. The van der Waals surface area contributed by atoms with Crippen molar-refractivity contribution >= 4 is 34.3 Å². The number of hydrogen-bond acceptors (Lipinski definition) is 4. The number of hydrogen-bond donors (Lipinski definition) is 3. The minimum Gasteiger partial charge on any atom is -0.399 e. The fourth-order valence-electron chi connectivity index (χ4n) is 1.61. The van der Waals surface area contributed by atoms with E-state index in [1.54, 1.807) is 29.5 Å². The Labute approximate surface area is 110 Å². The number of carbonyl (C=O) groups excluding carboxylic acids is 1. The number of benzene rings is 1. The minimum atomic E-state index is -0.102. The lowest BCUT2D eigenvalue weighted by Gasteiger charge is -2.11. The van der Waals surface area contributed by atoms with Crippen molar-refractivity contribution in [3.8, 4) is 0 Å². The molecule has 0 fully saturated rings. The van der Waals surface area contributed by atoms with Gasteiger partial charge >= 0.3 is 0 Å². The predicted molar refractivity (Wildman–Crippen MR) is 76.5 cm³/mol. The average molecular weight is 261 g/mol. The molecule has 94 valence electrons. The van der Waals surface area contributed by atoms with E-state index < -0.39 is 0 Å². The highest BCUT2D eigenvalue weighted by Gasteiger charge is 2.11. The first kappa shape index (κ1) is 12.4. The van der Waals surface area contributed by atoms with E-state index in [-0.39, 0.29) is 5.91 Å². The molecule has 0 aliphatic heterocycles. The van der Waals surface area contributed by atoms with Crippen molar-refractivity contribution in [2.75, 3.05) is 17.6 Å². The number of nitrogen functional groups attached to an aromatic ring is 1. The zero-order valence-electron chi connectivity index (χ0n) is 10.1. The van der Waals surface area contributed by atoms with Gasteiger partial charge in [0.05, 0.1) is 11.3 Å². The molecule has 5 heteroatoms. The SMILES string of the molecule is CCNC(=O)c1ccc(N)cc1Nc1ccsc1. The first-order valence-corrected chi connectivity index (χ1v) is 6.62. The summed E-state index contributed by atoms with van der Waals surface area (Å²) in [6.07, 6.45) is 0. The van der Waals surface area contributed by atoms with Crippen LogP contribution in [0.25, 0.3) is 0 Å². The molecule has 0 radical (unpaired) electrons. The zero-order valence-corrected chi connectivity index (χ0v) is 10.9. The van der Waals surface area contributed by atoms with E-state index in [0.717, 1.165) is 11.4 Å². The smallest absolute Gasteiger partial charge is 0.253 e. The summed E-state index contributed by atoms with van der Waals surface area (Å²) in [5.74, 6) is -0.102. The van der Waals surface area contributed by atoms with E-state index in [1.165, 1.54) is 0 Å². The predicted octanol–water partition coefficient (Wildman–Crippen LogP) is 2.82. The van der Waals surface area contributed by atoms with Gasteiger partial charge in [0.2, 0.25) is 0 Å². The van der Waals surface area contributed by atoms with Gasteiger partial charge in [-0.15, -0.1) is 0 Å². The highest BCUT2D eigenvalue weighted by molar-refractivity contribution is 7.08. The molecule has 1 aromatic carbocycles. The van der Waals surface area contributed by atoms with Gasteiger partial charge in [-0.3, -0.25) is 4.79 Å². The van der Waals surface area contributed by atoms with Crippen molar-refractivity contribution in [2.45, 2.75) is 6.92 Å². The maximum Gasteiger partial charge on any atom is 0.253 e. The molecule has 0 saturated heterocycles. The van der Waals surface area contributed by atoms with E-state index in [9.17, 15) is 4.79 Å². The van der Waals surface area contributed by atoms with Crippen LogP contribution in [-0.2, 0) is 0 Å². The van der Waals surface area contributed by atoms with Gasteiger partial charge in [-0.2, -0.15) is 11.3 Å². The van der Waals surface area contributed by atoms with Crippen LogP contribution in [0.15, 0.2) is 35.0 Å². The second-order valence-corrected chi connectivity index (χ2v) is 4.58. The van der Waals surface area contributed by atoms with Crippen LogP contribution in [0.4, 0.5) is 17.1 Å². The molecule has 1 heterocycles. The van der Waals surface area contributed by atoms with Crippen LogP contribution >= 0.6 is 11.3 Å². The topological polar surface area (TPSA) is 67.2 Å². The fourth-order valence-corrected chi connectivity index (χ4v) is 2.20. The molecule has 1 amide bonds. The number of anilines is 3. The van der Waals surface area contributed by atoms with Gasteiger partial charge in [-0.1, -0.05) is 0 Å². The standard InChI is InChI=1S/C13H15N3OS/c1-2-15-13(17)11-4-3-9(14)7-12(11)16-10-5-6-18-8-10/h3-8,16H,2,14H2,1H3,(H,15,17). The molecule has 0 spiro atoms. The highest BCUT2D eigenvalue weighted by atomic mass is 32.1. The van der Waals surface area contributed by atoms with Crippen LogP contribution in [0.5, 0.6) is 0 Å². The maximum atomic E-state index is 11.9. The Morgan fingerprint density at radius 2 is 2.22 bits per heavy atom. The number of amides is 1. The number of rotatable bonds is 4. The summed E-state index contributed by atoms with van der Waals surface area (Å²) in [5.41, 5.74) is 8.66. The van der Waals surface area contributed by atoms with Crippen LogP contribution in [0.1, 0.15) is 17.3 Å². The van der Waals surface area contributed by atoms with E-state index in [0.29, 0.717) is 17.8 Å². The summed E-state index contributed by atoms with van der Waals surface area (Å²) in [7, 11) is 0. The van der Waals surface area contributed by atoms with Crippen LogP contribution in [-0.4, -0.2) is 12.5 Å². The Morgan fingerprint density at radius 3 is 2.89 bits per heavy atom. The maximum absolute atomic E-state index is 11.9. The summed E-state index contributed by atoms with van der Waals surface area (Å²) in [4.78, 5) is 11.9. The molecule has 18 heavy (non-hydrogen) atoms. The lowest BCUT2D eigenvalue weighted by molar-refractivity contribution is 0.0956. The van der Waals surface area contributed by atoms with Gasteiger partial charge < -0.3 is 16.4 Å². The van der Waals surface area contributed by atoms with Gasteiger partial charge in [0, 0.05) is 23.3 Å². The van der Waals surface area contributed by atoms with Gasteiger partial charge in [0.1, 0.15) is 0 Å². The molecular weight excluding hydrogens is 246 g/mol. The van der Waals surface area contributed by atoms with Crippen molar-refractivity contribution in [3.63, 3.8) is 0 Å². The second-order valence-electron chi connectivity index (χ2n) is 3.80. The Hall–Kier alpha value is -2.01. The normalized spacial score (nSPS) is 10.1. The summed E-state index contributed by atoms with van der Waals surface area (Å²) >= 11 is 1.59. The summed E-state index contributed by atoms with van der Waals surface area (Å²) in [6, 6.07) is 7.18. The van der Waals surface area contributed by atoms with Crippen LogP contribution in [0.3, 0.4) is 0 Å². The number of thiophene rings is 1. The third-order valence-electron chi connectivity index (χ3n) is 2.43. The van der Waals surface area contributed by atoms with Gasteiger partial charge in [-0.25, -0.2) is 0 Å². The lowest BCUT2D eigenvalue weighted by atomic mass is 10.1. The van der Waals surface area contributed by atoms with Crippen molar-refractivity contribution in [3.05, 3.63) is 40.6 Å². The molecular formula is C13H15N3OS. The Kier molecular flexibility index (Phi) is 3.84. The fraction of sp³-hybridized carbons (Fsp3) is 0.154. The summed E-state index contributed by atoms with van der Waals surface area (Å²) in [5, 5.41) is 9.94. The molecule has 0 bridgehead atoms. The van der Waals surface area contributed by atoms with Crippen molar-refractivity contribution in [2.24, 2.45) is 0 Å². The van der Waals surface area contributed by atoms with Gasteiger partial charge in [0.15, 0.2) is 0 Å². The molecule has 0 aliphatic rings. The summed E-state index contributed by atoms with van der Waals surface area (Å²) in [6.45, 7) is 2.49. The zero-order chi connectivity index (χ0) is 13.0.